The Morgan fingerprint density at radius 3 is 2.38 bits per heavy atom. The van der Waals surface area contributed by atoms with E-state index in [1.54, 1.807) is 6.07 Å². The van der Waals surface area contributed by atoms with Crippen molar-refractivity contribution in [1.82, 2.24) is 0 Å². The molecule has 1 unspecified atom stereocenters. The largest absolute Gasteiger partial charge is 0.496 e. The summed E-state index contributed by atoms with van der Waals surface area (Å²) in [6, 6.07) is 9.55. The van der Waals surface area contributed by atoms with Crippen molar-refractivity contribution in [2.45, 2.75) is 26.4 Å². The molecule has 0 saturated carbocycles. The average molecular weight is 468 g/mol. The molecule has 3 rings (SSSR count). The van der Waals surface area contributed by atoms with E-state index < -0.39 is 17.9 Å². The van der Waals surface area contributed by atoms with Gasteiger partial charge in [0.2, 0.25) is 0 Å². The Morgan fingerprint density at radius 2 is 1.82 bits per heavy atom. The Labute approximate surface area is 195 Å². The zero-order valence-corrected chi connectivity index (χ0v) is 19.2. The molecule has 3 aromatic carbocycles. The summed E-state index contributed by atoms with van der Waals surface area (Å²) in [7, 11) is 2.85. The molecule has 0 spiro atoms. The average Bonchev–Trinajstić information content (AvgIpc) is 2.84. The first kappa shape index (κ1) is 24.7. The van der Waals surface area contributed by atoms with E-state index in [-0.39, 0.29) is 28.1 Å². The molecule has 0 aliphatic rings. The number of rotatable bonds is 9. The lowest BCUT2D eigenvalue weighted by atomic mass is 9.96. The number of ether oxygens (including phenoxy) is 3. The SMILES string of the molecule is COc1cc(C(CC=C(C)C)OC(=O)c2ccc(F)cc2)c(OC)c2c(N=O)ccc(NO)c12. The van der Waals surface area contributed by atoms with Crippen molar-refractivity contribution in [3.63, 3.8) is 0 Å². The van der Waals surface area contributed by atoms with Gasteiger partial charge in [-0.15, -0.1) is 4.91 Å². The monoisotopic (exact) mass is 468 g/mol. The number of benzene rings is 3. The molecular formula is C25H25FN2O6. The number of carbonyl (C=O) groups is 1. The fraction of sp³-hybridized carbons (Fsp3) is 0.240. The van der Waals surface area contributed by atoms with Gasteiger partial charge in [-0.2, -0.15) is 0 Å². The van der Waals surface area contributed by atoms with Crippen molar-refractivity contribution in [1.29, 1.82) is 0 Å². The third-order valence-electron chi connectivity index (χ3n) is 5.26. The Kier molecular flexibility index (Phi) is 7.80. The molecule has 0 aliphatic heterocycles. The van der Waals surface area contributed by atoms with E-state index in [0.717, 1.165) is 5.57 Å². The molecule has 0 amide bonds. The second-order valence-corrected chi connectivity index (χ2v) is 7.70. The predicted octanol–water partition coefficient (Wildman–Crippen LogP) is 6.45. The fourth-order valence-electron chi connectivity index (χ4n) is 3.65. The maximum absolute atomic E-state index is 13.3. The zero-order valence-electron chi connectivity index (χ0n) is 19.2. The summed E-state index contributed by atoms with van der Waals surface area (Å²) in [5.74, 6) is -0.594. The van der Waals surface area contributed by atoms with Gasteiger partial charge in [0.15, 0.2) is 0 Å². The summed E-state index contributed by atoms with van der Waals surface area (Å²) in [6.45, 7) is 3.81. The lowest BCUT2D eigenvalue weighted by Gasteiger charge is -2.23. The standard InChI is InChI=1S/C25H25FN2O6/c1-14(2)5-12-20(34-25(29)15-6-8-16(26)9-7-15)17-13-21(32-3)22-18(27-30)10-11-19(28-31)23(22)24(17)33-4/h5-11,13,20,27,30H,12H2,1-4H3. The third-order valence-corrected chi connectivity index (χ3v) is 5.26. The molecule has 178 valence electrons. The van der Waals surface area contributed by atoms with Gasteiger partial charge in [0.05, 0.1) is 36.2 Å². The van der Waals surface area contributed by atoms with Crippen LogP contribution in [0.1, 0.15) is 42.3 Å². The predicted molar refractivity (Wildman–Crippen MR) is 127 cm³/mol. The highest BCUT2D eigenvalue weighted by atomic mass is 19.1. The van der Waals surface area contributed by atoms with Crippen molar-refractivity contribution < 1.29 is 28.6 Å². The number of esters is 1. The van der Waals surface area contributed by atoms with Crippen molar-refractivity contribution >= 4 is 28.1 Å². The normalized spacial score (nSPS) is 11.5. The molecule has 9 heteroatoms. The highest BCUT2D eigenvalue weighted by Gasteiger charge is 2.27. The maximum atomic E-state index is 13.3. The Bertz CT molecular complexity index is 1240. The van der Waals surface area contributed by atoms with Gasteiger partial charge >= 0.3 is 5.97 Å². The Morgan fingerprint density at radius 1 is 1.12 bits per heavy atom. The zero-order chi connectivity index (χ0) is 24.8. The van der Waals surface area contributed by atoms with Crippen LogP contribution in [-0.2, 0) is 4.74 Å². The minimum absolute atomic E-state index is 0.0526. The number of hydrogen-bond acceptors (Lipinski definition) is 8. The lowest BCUT2D eigenvalue weighted by molar-refractivity contribution is 0.0298. The van der Waals surface area contributed by atoms with Crippen LogP contribution >= 0.6 is 0 Å². The number of hydrogen-bond donors (Lipinski definition) is 2. The van der Waals surface area contributed by atoms with Gasteiger partial charge in [0, 0.05) is 12.0 Å². The van der Waals surface area contributed by atoms with E-state index in [1.807, 2.05) is 19.9 Å². The maximum Gasteiger partial charge on any atom is 0.338 e. The van der Waals surface area contributed by atoms with Gasteiger partial charge in [0.1, 0.15) is 29.1 Å². The summed E-state index contributed by atoms with van der Waals surface area (Å²) >= 11 is 0. The van der Waals surface area contributed by atoms with Gasteiger partial charge in [-0.05, 0) is 61.5 Å². The molecule has 2 N–H and O–H groups in total. The number of methoxy groups -OCH3 is 2. The lowest BCUT2D eigenvalue weighted by Crippen LogP contribution is -2.13. The smallest absolute Gasteiger partial charge is 0.338 e. The molecule has 0 radical (unpaired) electrons. The van der Waals surface area contributed by atoms with Crippen LogP contribution in [0.2, 0.25) is 0 Å². The molecule has 0 aliphatic carbocycles. The molecule has 0 heterocycles. The van der Waals surface area contributed by atoms with Gasteiger partial charge in [-0.25, -0.2) is 9.18 Å². The van der Waals surface area contributed by atoms with Crippen LogP contribution in [0.15, 0.2) is 59.3 Å². The quantitative estimate of drug-likeness (QED) is 0.161. The van der Waals surface area contributed by atoms with E-state index >= 15 is 0 Å². The first-order valence-electron chi connectivity index (χ1n) is 10.4. The van der Waals surface area contributed by atoms with E-state index in [2.05, 4.69) is 10.7 Å². The molecule has 3 aromatic rings. The van der Waals surface area contributed by atoms with Crippen molar-refractivity contribution in [3.8, 4) is 11.5 Å². The number of nitrogens with one attached hydrogen (secondary N) is 1. The Balaban J connectivity index is 2.24. The van der Waals surface area contributed by atoms with E-state index in [4.69, 9.17) is 14.2 Å². The van der Waals surface area contributed by atoms with Gasteiger partial charge < -0.3 is 14.2 Å². The highest BCUT2D eigenvalue weighted by molar-refractivity contribution is 6.08. The van der Waals surface area contributed by atoms with Crippen LogP contribution in [0, 0.1) is 10.7 Å². The third kappa shape index (κ3) is 4.99. The topological polar surface area (TPSA) is 106 Å². The number of halogens is 1. The number of allylic oxidation sites excluding steroid dienone is 1. The van der Waals surface area contributed by atoms with Crippen molar-refractivity contribution in [3.05, 3.63) is 76.0 Å². The number of anilines is 1. The molecule has 0 fully saturated rings. The fourth-order valence-corrected chi connectivity index (χ4v) is 3.65. The van der Waals surface area contributed by atoms with Crippen molar-refractivity contribution in [2.24, 2.45) is 5.18 Å². The number of nitrogens with zero attached hydrogens (tertiary/aromatic N) is 1. The first-order valence-corrected chi connectivity index (χ1v) is 10.4. The summed E-state index contributed by atoms with van der Waals surface area (Å²) in [5, 5.41) is 13.4. The van der Waals surface area contributed by atoms with Crippen LogP contribution in [0.3, 0.4) is 0 Å². The molecule has 0 aromatic heterocycles. The van der Waals surface area contributed by atoms with Crippen LogP contribution in [0.5, 0.6) is 11.5 Å². The molecule has 8 nitrogen and oxygen atoms in total. The number of fused-ring (bicyclic) bond motifs is 1. The van der Waals surface area contributed by atoms with Crippen LogP contribution in [-0.4, -0.2) is 25.4 Å². The van der Waals surface area contributed by atoms with Gasteiger partial charge in [-0.1, -0.05) is 11.6 Å². The summed E-state index contributed by atoms with van der Waals surface area (Å²) in [4.78, 5) is 24.5. The number of carbonyl (C=O) groups excluding carboxylic acids is 1. The molecule has 0 bridgehead atoms. The Hall–Kier alpha value is -3.98. The van der Waals surface area contributed by atoms with Crippen LogP contribution in [0.25, 0.3) is 10.8 Å². The van der Waals surface area contributed by atoms with E-state index in [0.29, 0.717) is 23.1 Å². The summed E-state index contributed by atoms with van der Waals surface area (Å²) in [5.41, 5.74) is 4.02. The molecule has 1 atom stereocenters. The van der Waals surface area contributed by atoms with Gasteiger partial charge in [-0.3, -0.25) is 10.7 Å². The van der Waals surface area contributed by atoms with E-state index in [1.165, 1.54) is 50.6 Å². The van der Waals surface area contributed by atoms with E-state index in [9.17, 15) is 19.3 Å². The van der Waals surface area contributed by atoms with Crippen LogP contribution < -0.4 is 15.0 Å². The second kappa shape index (κ2) is 10.8. The number of nitroso groups, excluding NO2 is 1. The summed E-state index contributed by atoms with van der Waals surface area (Å²) in [6.07, 6.45) is 1.34. The highest BCUT2D eigenvalue weighted by Crippen LogP contribution is 2.48. The molecular weight excluding hydrogens is 443 g/mol. The minimum Gasteiger partial charge on any atom is -0.496 e. The summed E-state index contributed by atoms with van der Waals surface area (Å²) < 4.78 is 30.3. The van der Waals surface area contributed by atoms with Crippen LogP contribution in [0.4, 0.5) is 15.8 Å². The first-order chi connectivity index (χ1) is 16.3. The second-order valence-electron chi connectivity index (χ2n) is 7.70. The molecule has 34 heavy (non-hydrogen) atoms. The molecule has 0 saturated heterocycles. The van der Waals surface area contributed by atoms with Crippen molar-refractivity contribution in [2.75, 3.05) is 19.7 Å². The van der Waals surface area contributed by atoms with Gasteiger partial charge in [0.25, 0.3) is 0 Å². The minimum atomic E-state index is -0.842.